The highest BCUT2D eigenvalue weighted by Gasteiger charge is 2.50. The van der Waals surface area contributed by atoms with E-state index in [1.54, 1.807) is 11.3 Å². The maximum atomic E-state index is 13.7. The number of fused-ring (bicyclic) bond motifs is 4. The summed E-state index contributed by atoms with van der Waals surface area (Å²) in [5.41, 5.74) is 5.64. The smallest absolute Gasteiger partial charge is 0.410 e. The number of hydrogen-bond donors (Lipinski definition) is 0. The summed E-state index contributed by atoms with van der Waals surface area (Å²) in [5.74, 6) is 0.988. The molecule has 11 heteroatoms. The quantitative estimate of drug-likeness (QED) is 0.212. The Labute approximate surface area is 308 Å². The van der Waals surface area contributed by atoms with Gasteiger partial charge in [0.2, 0.25) is 0 Å². The molecule has 5 heterocycles. The lowest BCUT2D eigenvalue weighted by atomic mass is 9.90. The molecule has 0 N–H and O–H groups in total. The predicted octanol–water partition coefficient (Wildman–Crippen LogP) is 9.20. The van der Waals surface area contributed by atoms with Crippen molar-refractivity contribution >= 4 is 41.7 Å². The molecule has 4 aliphatic rings. The van der Waals surface area contributed by atoms with Crippen LogP contribution >= 0.6 is 11.3 Å². The van der Waals surface area contributed by atoms with Gasteiger partial charge in [0.05, 0.1) is 41.1 Å². The lowest BCUT2D eigenvalue weighted by Crippen LogP contribution is -2.44. The molecule has 2 saturated heterocycles. The summed E-state index contributed by atoms with van der Waals surface area (Å²) in [6.07, 6.45) is 6.27. The van der Waals surface area contributed by atoms with Gasteiger partial charge >= 0.3 is 6.09 Å². The van der Waals surface area contributed by atoms with Gasteiger partial charge in [0.1, 0.15) is 5.60 Å². The first-order valence-corrected chi connectivity index (χ1v) is 22.4. The maximum absolute atomic E-state index is 13.7. The van der Waals surface area contributed by atoms with E-state index in [4.69, 9.17) is 23.6 Å². The fourth-order valence-corrected chi connectivity index (χ4v) is 9.76. The zero-order chi connectivity index (χ0) is 36.3. The summed E-state index contributed by atoms with van der Waals surface area (Å²) in [7, 11) is -1.93. The molecule has 1 amide bonds. The van der Waals surface area contributed by atoms with Crippen molar-refractivity contribution in [3.8, 4) is 17.2 Å². The van der Waals surface area contributed by atoms with E-state index in [0.29, 0.717) is 43.8 Å². The zero-order valence-corrected chi connectivity index (χ0v) is 33.4. The summed E-state index contributed by atoms with van der Waals surface area (Å²) >= 11 is 1.74. The number of nitrogens with zero attached hydrogens (tertiary/aromatic N) is 4. The largest absolute Gasteiger partial charge is 0.444 e. The summed E-state index contributed by atoms with van der Waals surface area (Å²) in [4.78, 5) is 24.1. The molecule has 0 bridgehead atoms. The van der Waals surface area contributed by atoms with Gasteiger partial charge in [-0.25, -0.2) is 4.79 Å². The van der Waals surface area contributed by atoms with Crippen LogP contribution in [0, 0.1) is 17.2 Å². The third kappa shape index (κ3) is 7.58. The molecule has 3 aromatic rings. The first kappa shape index (κ1) is 36.3. The molecule has 9 nitrogen and oxygen atoms in total. The Hall–Kier alpha value is -3.01. The van der Waals surface area contributed by atoms with Crippen molar-refractivity contribution < 1.29 is 23.4 Å². The van der Waals surface area contributed by atoms with Crippen molar-refractivity contribution in [3.63, 3.8) is 0 Å². The number of carbonyl (C=O) groups excluding carboxylic acids is 1. The van der Waals surface area contributed by atoms with Crippen molar-refractivity contribution in [2.45, 2.75) is 128 Å². The number of carbonyl (C=O) groups is 1. The Morgan fingerprint density at radius 2 is 1.90 bits per heavy atom. The second-order valence-electron chi connectivity index (χ2n) is 17.5. The van der Waals surface area contributed by atoms with Gasteiger partial charge in [0, 0.05) is 53.6 Å². The standard InChI is InChI=1S/C40H54N4O5SSi/c1-39(2,3)49-38(45)44-22-27(18-28(44)23-47-35-11-9-10-14-46-35)43-21-26-17-31(26)33-16-25(20-41)15-32(36(33)43)30-12-13-42-34-19-29(50-37(30)34)24-48-51(7,8)40(4,5)6/h12-13,15-16,19,26-28,31,35H,9-11,14,17-18,21-24H2,1-8H3/t26-,27+,28+,31+,35+/m0/s1. The van der Waals surface area contributed by atoms with E-state index in [0.717, 1.165) is 64.9 Å². The molecule has 1 aromatic carbocycles. The molecule has 51 heavy (non-hydrogen) atoms. The van der Waals surface area contributed by atoms with Gasteiger partial charge in [-0.1, -0.05) is 20.8 Å². The highest BCUT2D eigenvalue weighted by Crippen LogP contribution is 2.58. The number of nitriles is 1. The Morgan fingerprint density at radius 3 is 2.61 bits per heavy atom. The van der Waals surface area contributed by atoms with E-state index in [1.807, 2.05) is 31.9 Å². The van der Waals surface area contributed by atoms with Gasteiger partial charge in [-0.2, -0.15) is 5.26 Å². The minimum absolute atomic E-state index is 0.0691. The summed E-state index contributed by atoms with van der Waals surface area (Å²) < 4.78 is 25.9. The number of benzene rings is 1. The van der Waals surface area contributed by atoms with Crippen LogP contribution < -0.4 is 4.90 Å². The fraction of sp³-hybridized carbons (Fsp3) is 0.625. The topological polar surface area (TPSA) is 97.2 Å². The number of ether oxygens (including phenoxy) is 3. The Balaban J connectivity index is 1.24. The van der Waals surface area contributed by atoms with Gasteiger partial charge in [0.25, 0.3) is 0 Å². The van der Waals surface area contributed by atoms with E-state index < -0.39 is 13.9 Å². The molecule has 274 valence electrons. The van der Waals surface area contributed by atoms with Crippen molar-refractivity contribution in [2.24, 2.45) is 5.92 Å². The third-order valence-electron chi connectivity index (χ3n) is 11.5. The van der Waals surface area contributed by atoms with Crippen molar-refractivity contribution in [3.05, 3.63) is 46.5 Å². The lowest BCUT2D eigenvalue weighted by molar-refractivity contribution is -0.168. The van der Waals surface area contributed by atoms with Crippen LogP contribution in [0.25, 0.3) is 21.3 Å². The van der Waals surface area contributed by atoms with Gasteiger partial charge < -0.3 is 28.4 Å². The van der Waals surface area contributed by atoms with Gasteiger partial charge in [-0.3, -0.25) is 4.98 Å². The number of pyridine rings is 1. The highest BCUT2D eigenvalue weighted by molar-refractivity contribution is 7.19. The summed E-state index contributed by atoms with van der Waals surface area (Å²) in [6, 6.07) is 10.9. The van der Waals surface area contributed by atoms with Crippen LogP contribution in [0.3, 0.4) is 0 Å². The molecule has 0 spiro atoms. The van der Waals surface area contributed by atoms with Crippen molar-refractivity contribution in [1.29, 1.82) is 5.26 Å². The number of likely N-dealkylation sites (tertiary alicyclic amines) is 1. The number of rotatable bonds is 8. The van der Waals surface area contributed by atoms with E-state index in [9.17, 15) is 10.1 Å². The van der Waals surface area contributed by atoms with E-state index in [2.05, 4.69) is 69.1 Å². The van der Waals surface area contributed by atoms with Crippen LogP contribution in [-0.2, 0) is 25.2 Å². The van der Waals surface area contributed by atoms with Crippen molar-refractivity contribution in [2.75, 3.05) is 31.2 Å². The summed E-state index contributed by atoms with van der Waals surface area (Å²) in [6.45, 7) is 20.3. The molecule has 5 atom stereocenters. The molecule has 2 aromatic heterocycles. The molecule has 3 fully saturated rings. The Morgan fingerprint density at radius 1 is 1.10 bits per heavy atom. The molecule has 0 radical (unpaired) electrons. The number of amides is 1. The molecular formula is C40H54N4O5SSi. The minimum atomic E-state index is -1.93. The van der Waals surface area contributed by atoms with Gasteiger partial charge in [-0.05, 0) is 113 Å². The predicted molar refractivity (Wildman–Crippen MR) is 205 cm³/mol. The van der Waals surface area contributed by atoms with Crippen LogP contribution in [0.4, 0.5) is 10.5 Å². The van der Waals surface area contributed by atoms with Crippen LogP contribution in [0.5, 0.6) is 0 Å². The Bertz CT molecular complexity index is 1820. The summed E-state index contributed by atoms with van der Waals surface area (Å²) in [5, 5.41) is 10.4. The second-order valence-corrected chi connectivity index (χ2v) is 23.4. The van der Waals surface area contributed by atoms with Crippen LogP contribution in [0.15, 0.2) is 30.5 Å². The molecule has 1 saturated carbocycles. The van der Waals surface area contributed by atoms with Crippen LogP contribution in [0.1, 0.15) is 95.6 Å². The van der Waals surface area contributed by atoms with Gasteiger partial charge in [0.15, 0.2) is 14.6 Å². The molecular weight excluding hydrogens is 677 g/mol. The Kier molecular flexibility index (Phi) is 9.81. The molecule has 3 aliphatic heterocycles. The second kappa shape index (κ2) is 13.8. The molecule has 7 rings (SSSR count). The SMILES string of the molecule is CC(C)(C)OC(=O)N1C[C@H](N2C[C@@H]3C[C@H]3c3cc(C#N)cc(-c4ccnc5cc(CO[Si](C)(C)C(C)(C)C)sc45)c32)C[C@@H]1CO[C@@H]1CCCCO1. The maximum Gasteiger partial charge on any atom is 0.410 e. The third-order valence-corrected chi connectivity index (χ3v) is 17.1. The monoisotopic (exact) mass is 730 g/mol. The van der Waals surface area contributed by atoms with Crippen molar-refractivity contribution in [1.82, 2.24) is 9.88 Å². The van der Waals surface area contributed by atoms with E-state index in [1.165, 1.54) is 11.3 Å². The number of anilines is 1. The molecule has 1 aliphatic carbocycles. The average Bonchev–Trinajstić information content (AvgIpc) is 3.54. The first-order valence-electron chi connectivity index (χ1n) is 18.7. The van der Waals surface area contributed by atoms with Gasteiger partial charge in [-0.15, -0.1) is 11.3 Å². The fourth-order valence-electron chi connectivity index (χ4n) is 7.66. The number of hydrogen-bond acceptors (Lipinski definition) is 9. The van der Waals surface area contributed by atoms with Crippen LogP contribution in [0.2, 0.25) is 18.1 Å². The minimum Gasteiger partial charge on any atom is -0.444 e. The van der Waals surface area contributed by atoms with E-state index >= 15 is 0 Å². The van der Waals surface area contributed by atoms with Crippen LogP contribution in [-0.4, -0.2) is 74.6 Å². The zero-order valence-electron chi connectivity index (χ0n) is 31.6. The first-order chi connectivity index (χ1) is 24.1. The number of thiophene rings is 1. The molecule has 0 unspecified atom stereocenters. The lowest BCUT2D eigenvalue weighted by Gasteiger charge is -2.38. The average molecular weight is 731 g/mol. The normalized spacial score (nSPS) is 25.0. The number of aromatic nitrogens is 1. The van der Waals surface area contributed by atoms with E-state index in [-0.39, 0.29) is 29.5 Å². The highest BCUT2D eigenvalue weighted by atomic mass is 32.1.